The van der Waals surface area contributed by atoms with Crippen LogP contribution in [0.1, 0.15) is 22.8 Å². The number of hydrogen-bond donors (Lipinski definition) is 2. The maximum Gasteiger partial charge on any atom is 0.252 e. The van der Waals surface area contributed by atoms with Gasteiger partial charge >= 0.3 is 0 Å². The highest BCUT2D eigenvalue weighted by Gasteiger charge is 2.07. The van der Waals surface area contributed by atoms with Crippen LogP contribution in [-0.2, 0) is 6.54 Å². The third-order valence-corrected chi connectivity index (χ3v) is 4.14. The van der Waals surface area contributed by atoms with Crippen LogP contribution in [0.3, 0.4) is 0 Å². The highest BCUT2D eigenvalue weighted by Crippen LogP contribution is 2.11. The molecule has 0 aliphatic heterocycles. The summed E-state index contributed by atoms with van der Waals surface area (Å²) in [6.07, 6.45) is 3.19. The minimum atomic E-state index is -0.137. The number of nitrogens with zero attached hydrogens (tertiary/aromatic N) is 3. The van der Waals surface area contributed by atoms with Crippen LogP contribution in [-0.4, -0.2) is 48.4 Å². The Morgan fingerprint density at radius 2 is 2.00 bits per heavy atom. The third-order valence-electron chi connectivity index (χ3n) is 3.61. The van der Waals surface area contributed by atoms with Gasteiger partial charge in [0.2, 0.25) is 0 Å². The first kappa shape index (κ1) is 19.9. The molecule has 2 N–H and O–H groups in total. The van der Waals surface area contributed by atoms with E-state index in [1.165, 1.54) is 5.56 Å². The average molecular weight is 418 g/mol. The number of rotatable bonds is 7. The van der Waals surface area contributed by atoms with Crippen LogP contribution < -0.4 is 10.6 Å². The molecule has 1 aromatic carbocycles. The van der Waals surface area contributed by atoms with E-state index in [9.17, 15) is 4.79 Å². The second kappa shape index (κ2) is 10.6. The predicted octanol–water partition coefficient (Wildman–Crippen LogP) is 2.67. The van der Waals surface area contributed by atoms with Crippen molar-refractivity contribution in [3.8, 4) is 0 Å². The van der Waals surface area contributed by atoms with Gasteiger partial charge in [-0.25, -0.2) is 0 Å². The Morgan fingerprint density at radius 3 is 2.65 bits per heavy atom. The quantitative estimate of drug-likeness (QED) is 0.412. The maximum absolute atomic E-state index is 12.0. The summed E-state index contributed by atoms with van der Waals surface area (Å²) in [5.41, 5.74) is 1.75. The zero-order chi connectivity index (χ0) is 18.8. The SMILES string of the molecule is CCNC(=NCCNC(=O)c1cccnc1)N(C)Cc1ccc(Br)cc1. The van der Waals surface area contributed by atoms with Crippen LogP contribution in [0.2, 0.25) is 0 Å². The summed E-state index contributed by atoms with van der Waals surface area (Å²) in [6, 6.07) is 11.7. The van der Waals surface area contributed by atoms with Gasteiger partial charge in [0.1, 0.15) is 0 Å². The number of guanidine groups is 1. The molecule has 2 aromatic rings. The average Bonchev–Trinajstić information content (AvgIpc) is 2.66. The number of benzene rings is 1. The molecule has 2 rings (SSSR count). The number of pyridine rings is 1. The lowest BCUT2D eigenvalue weighted by Crippen LogP contribution is -2.39. The minimum absolute atomic E-state index is 0.137. The van der Waals surface area contributed by atoms with Gasteiger partial charge in [0.15, 0.2) is 5.96 Å². The van der Waals surface area contributed by atoms with E-state index in [-0.39, 0.29) is 5.91 Å². The summed E-state index contributed by atoms with van der Waals surface area (Å²) in [5, 5.41) is 6.13. The molecule has 7 heteroatoms. The molecule has 26 heavy (non-hydrogen) atoms. The zero-order valence-electron chi connectivity index (χ0n) is 15.1. The number of hydrogen-bond acceptors (Lipinski definition) is 3. The highest BCUT2D eigenvalue weighted by molar-refractivity contribution is 9.10. The van der Waals surface area contributed by atoms with Gasteiger partial charge in [0, 0.05) is 43.5 Å². The monoisotopic (exact) mass is 417 g/mol. The third kappa shape index (κ3) is 6.48. The maximum atomic E-state index is 12.0. The summed E-state index contributed by atoms with van der Waals surface area (Å²) >= 11 is 3.45. The van der Waals surface area contributed by atoms with Gasteiger partial charge < -0.3 is 15.5 Å². The van der Waals surface area contributed by atoms with Crippen LogP contribution in [0.4, 0.5) is 0 Å². The molecule has 1 heterocycles. The summed E-state index contributed by atoms with van der Waals surface area (Å²) < 4.78 is 1.06. The predicted molar refractivity (Wildman–Crippen MR) is 108 cm³/mol. The van der Waals surface area contributed by atoms with Crippen molar-refractivity contribution in [2.45, 2.75) is 13.5 Å². The molecule has 0 aliphatic carbocycles. The second-order valence-electron chi connectivity index (χ2n) is 5.72. The van der Waals surface area contributed by atoms with E-state index in [1.807, 2.05) is 26.1 Å². The van der Waals surface area contributed by atoms with Gasteiger partial charge in [0.25, 0.3) is 5.91 Å². The molecule has 138 valence electrons. The summed E-state index contributed by atoms with van der Waals surface area (Å²) in [7, 11) is 2.00. The normalized spacial score (nSPS) is 11.1. The molecule has 0 fully saturated rings. The summed E-state index contributed by atoms with van der Waals surface area (Å²) in [4.78, 5) is 22.6. The Morgan fingerprint density at radius 1 is 1.23 bits per heavy atom. The number of carbonyl (C=O) groups excluding carboxylic acids is 1. The summed E-state index contributed by atoms with van der Waals surface area (Å²) in [5.74, 6) is 0.674. The Labute approximate surface area is 162 Å². The van der Waals surface area contributed by atoms with E-state index in [0.717, 1.165) is 23.5 Å². The van der Waals surface area contributed by atoms with E-state index < -0.39 is 0 Å². The van der Waals surface area contributed by atoms with Crippen LogP contribution in [0.25, 0.3) is 0 Å². The Kier molecular flexibility index (Phi) is 8.08. The fourth-order valence-electron chi connectivity index (χ4n) is 2.34. The number of aromatic nitrogens is 1. The molecule has 0 aliphatic rings. The lowest BCUT2D eigenvalue weighted by Gasteiger charge is -2.22. The zero-order valence-corrected chi connectivity index (χ0v) is 16.7. The van der Waals surface area contributed by atoms with Crippen molar-refractivity contribution in [1.82, 2.24) is 20.5 Å². The lowest BCUT2D eigenvalue weighted by atomic mass is 10.2. The highest BCUT2D eigenvalue weighted by atomic mass is 79.9. The first-order chi connectivity index (χ1) is 12.6. The van der Waals surface area contributed by atoms with E-state index in [0.29, 0.717) is 18.7 Å². The van der Waals surface area contributed by atoms with Crippen LogP contribution in [0.5, 0.6) is 0 Å². The first-order valence-corrected chi connectivity index (χ1v) is 9.31. The van der Waals surface area contributed by atoms with Gasteiger partial charge in [-0.2, -0.15) is 0 Å². The molecule has 6 nitrogen and oxygen atoms in total. The fourth-order valence-corrected chi connectivity index (χ4v) is 2.60. The largest absolute Gasteiger partial charge is 0.357 e. The molecular weight excluding hydrogens is 394 g/mol. The number of nitrogens with one attached hydrogen (secondary N) is 2. The van der Waals surface area contributed by atoms with Crippen LogP contribution in [0.15, 0.2) is 58.3 Å². The molecule has 0 spiro atoms. The smallest absolute Gasteiger partial charge is 0.252 e. The van der Waals surface area contributed by atoms with E-state index in [1.54, 1.807) is 24.5 Å². The van der Waals surface area contributed by atoms with Crippen molar-refractivity contribution in [2.24, 2.45) is 4.99 Å². The first-order valence-electron chi connectivity index (χ1n) is 8.52. The molecule has 1 amide bonds. The number of carbonyl (C=O) groups is 1. The second-order valence-corrected chi connectivity index (χ2v) is 6.63. The fraction of sp³-hybridized carbons (Fsp3) is 0.316. The molecular formula is C19H24BrN5O. The van der Waals surface area contributed by atoms with E-state index >= 15 is 0 Å². The number of aliphatic imine (C=N–C) groups is 1. The van der Waals surface area contributed by atoms with Crippen molar-refractivity contribution in [2.75, 3.05) is 26.7 Å². The Balaban J connectivity index is 1.87. The van der Waals surface area contributed by atoms with Crippen molar-refractivity contribution in [3.05, 3.63) is 64.4 Å². The van der Waals surface area contributed by atoms with Gasteiger partial charge in [-0.05, 0) is 36.8 Å². The van der Waals surface area contributed by atoms with E-state index in [4.69, 9.17) is 0 Å². The Bertz CT molecular complexity index is 718. The van der Waals surface area contributed by atoms with Crippen molar-refractivity contribution < 1.29 is 4.79 Å². The summed E-state index contributed by atoms with van der Waals surface area (Å²) in [6.45, 7) is 4.54. The minimum Gasteiger partial charge on any atom is -0.357 e. The molecule has 0 radical (unpaired) electrons. The Hall–Kier alpha value is -2.41. The molecule has 0 bridgehead atoms. The standard InChI is InChI=1S/C19H24BrN5O/c1-3-22-19(25(2)14-15-6-8-17(20)9-7-15)24-12-11-23-18(26)16-5-4-10-21-13-16/h4-10,13H,3,11-12,14H2,1-2H3,(H,22,24)(H,23,26). The molecule has 0 atom stereocenters. The molecule has 0 unspecified atom stereocenters. The lowest BCUT2D eigenvalue weighted by molar-refractivity contribution is 0.0954. The van der Waals surface area contributed by atoms with Gasteiger partial charge in [0.05, 0.1) is 12.1 Å². The van der Waals surface area contributed by atoms with Gasteiger partial charge in [-0.15, -0.1) is 0 Å². The van der Waals surface area contributed by atoms with Crippen molar-refractivity contribution in [1.29, 1.82) is 0 Å². The van der Waals surface area contributed by atoms with Crippen molar-refractivity contribution >= 4 is 27.8 Å². The van der Waals surface area contributed by atoms with Crippen LogP contribution in [0, 0.1) is 0 Å². The van der Waals surface area contributed by atoms with Gasteiger partial charge in [-0.3, -0.25) is 14.8 Å². The molecule has 0 saturated carbocycles. The van der Waals surface area contributed by atoms with E-state index in [2.05, 4.69) is 53.6 Å². The van der Waals surface area contributed by atoms with Crippen molar-refractivity contribution in [3.63, 3.8) is 0 Å². The van der Waals surface area contributed by atoms with Crippen LogP contribution >= 0.6 is 15.9 Å². The molecule has 0 saturated heterocycles. The topological polar surface area (TPSA) is 69.6 Å². The molecule has 1 aromatic heterocycles. The number of amides is 1. The van der Waals surface area contributed by atoms with Gasteiger partial charge in [-0.1, -0.05) is 28.1 Å². The number of halogens is 1.